The third kappa shape index (κ3) is 1.30. The van der Waals surface area contributed by atoms with Crippen LogP contribution in [0.5, 0.6) is 0 Å². The van der Waals surface area contributed by atoms with Gasteiger partial charge in [-0.2, -0.15) is 0 Å². The largest absolute Gasteiger partial charge is 0.382 e. The molecule has 1 heterocycles. The predicted molar refractivity (Wildman–Crippen MR) is 59.5 cm³/mol. The third-order valence-corrected chi connectivity index (χ3v) is 3.04. The number of nitrogens with zero attached hydrogens (tertiary/aromatic N) is 1. The van der Waals surface area contributed by atoms with E-state index in [0.717, 1.165) is 10.6 Å². The van der Waals surface area contributed by atoms with Gasteiger partial charge in [-0.1, -0.05) is 0 Å². The molecule has 1 aromatic carbocycles. The van der Waals surface area contributed by atoms with E-state index in [1.165, 1.54) is 19.9 Å². The quantitative estimate of drug-likeness (QED) is 0.762. The number of hydrogen-bond donors (Lipinski definition) is 1. The maximum atomic E-state index is 11.7. The van der Waals surface area contributed by atoms with Crippen molar-refractivity contribution in [3.05, 3.63) is 29.3 Å². The summed E-state index contributed by atoms with van der Waals surface area (Å²) in [5.41, 5.74) is 1.95. The minimum absolute atomic E-state index is 0.209. The van der Waals surface area contributed by atoms with E-state index in [2.05, 4.69) is 5.32 Å². The van der Waals surface area contributed by atoms with Gasteiger partial charge in [0.15, 0.2) is 0 Å². The molecule has 4 nitrogen and oxygen atoms in total. The molecule has 82 valence electrons. The van der Waals surface area contributed by atoms with Gasteiger partial charge in [0.1, 0.15) is 0 Å². The second kappa shape index (κ2) is 3.07. The number of benzene rings is 1. The molecular formula is C12H12N2O2. The Bertz CT molecular complexity index is 492. The van der Waals surface area contributed by atoms with Crippen LogP contribution in [0, 0.1) is 0 Å². The summed E-state index contributed by atoms with van der Waals surface area (Å²) >= 11 is 0. The highest BCUT2D eigenvalue weighted by molar-refractivity contribution is 6.21. The molecule has 0 aromatic heterocycles. The Hall–Kier alpha value is -1.84. The van der Waals surface area contributed by atoms with Crippen LogP contribution in [0.15, 0.2) is 18.2 Å². The highest BCUT2D eigenvalue weighted by atomic mass is 16.2. The van der Waals surface area contributed by atoms with Gasteiger partial charge in [0.05, 0.1) is 11.1 Å². The van der Waals surface area contributed by atoms with Gasteiger partial charge in [0.25, 0.3) is 11.8 Å². The van der Waals surface area contributed by atoms with Crippen molar-refractivity contribution >= 4 is 17.5 Å². The summed E-state index contributed by atoms with van der Waals surface area (Å²) in [5.74, 6) is -0.419. The number of hydrogen-bond acceptors (Lipinski definition) is 3. The molecule has 2 amide bonds. The summed E-state index contributed by atoms with van der Waals surface area (Å²) in [5, 5.41) is 3.31. The predicted octanol–water partition coefficient (Wildman–Crippen LogP) is 1.49. The van der Waals surface area contributed by atoms with Crippen molar-refractivity contribution < 1.29 is 9.59 Å². The molecular weight excluding hydrogens is 204 g/mol. The number of fused-ring (bicyclic) bond motifs is 1. The molecule has 4 heteroatoms. The molecule has 2 aliphatic rings. The van der Waals surface area contributed by atoms with Crippen LogP contribution in [0.4, 0.5) is 5.69 Å². The average Bonchev–Trinajstić information content (AvgIpc) is 3.06. The van der Waals surface area contributed by atoms with Crippen molar-refractivity contribution in [3.63, 3.8) is 0 Å². The molecule has 0 saturated heterocycles. The number of amides is 2. The first-order valence-electron chi connectivity index (χ1n) is 5.40. The summed E-state index contributed by atoms with van der Waals surface area (Å²) in [7, 11) is 1.51. The molecule has 1 N–H and O–H groups in total. The van der Waals surface area contributed by atoms with E-state index in [1.807, 2.05) is 6.07 Å². The summed E-state index contributed by atoms with van der Waals surface area (Å²) in [4.78, 5) is 24.5. The molecule has 0 atom stereocenters. The van der Waals surface area contributed by atoms with Crippen LogP contribution in [0.3, 0.4) is 0 Å². The number of rotatable bonds is 2. The maximum Gasteiger partial charge on any atom is 0.261 e. The molecule has 1 saturated carbocycles. The van der Waals surface area contributed by atoms with Crippen molar-refractivity contribution in [1.29, 1.82) is 0 Å². The molecule has 0 bridgehead atoms. The first-order valence-corrected chi connectivity index (χ1v) is 5.40. The van der Waals surface area contributed by atoms with Crippen molar-refractivity contribution in [2.75, 3.05) is 12.4 Å². The number of carbonyl (C=O) groups excluding carboxylic acids is 2. The van der Waals surface area contributed by atoms with Crippen LogP contribution in [-0.4, -0.2) is 29.8 Å². The third-order valence-electron chi connectivity index (χ3n) is 3.04. The molecule has 0 spiro atoms. The van der Waals surface area contributed by atoms with Crippen molar-refractivity contribution in [1.82, 2.24) is 4.90 Å². The molecule has 1 fully saturated rings. The molecule has 3 rings (SSSR count). The Labute approximate surface area is 93.2 Å². The maximum absolute atomic E-state index is 11.7. The second-order valence-electron chi connectivity index (χ2n) is 4.35. The molecule has 1 aromatic rings. The van der Waals surface area contributed by atoms with Crippen LogP contribution in [-0.2, 0) is 0 Å². The van der Waals surface area contributed by atoms with Crippen molar-refractivity contribution in [2.24, 2.45) is 0 Å². The second-order valence-corrected chi connectivity index (χ2v) is 4.35. The summed E-state index contributed by atoms with van der Waals surface area (Å²) in [6.45, 7) is 0. The van der Waals surface area contributed by atoms with Crippen LogP contribution in [0.25, 0.3) is 0 Å². The van der Waals surface area contributed by atoms with E-state index < -0.39 is 0 Å². The van der Waals surface area contributed by atoms with Crippen molar-refractivity contribution in [3.8, 4) is 0 Å². The highest BCUT2D eigenvalue weighted by Gasteiger charge is 2.33. The Balaban J connectivity index is 1.99. The summed E-state index contributed by atoms with van der Waals surface area (Å²) in [6.07, 6.45) is 2.37. The van der Waals surface area contributed by atoms with E-state index in [0.29, 0.717) is 17.2 Å². The minimum Gasteiger partial charge on any atom is -0.382 e. The number of imide groups is 1. The van der Waals surface area contributed by atoms with Gasteiger partial charge in [0, 0.05) is 18.8 Å². The van der Waals surface area contributed by atoms with Gasteiger partial charge in [-0.15, -0.1) is 0 Å². The first-order chi connectivity index (χ1) is 7.66. The lowest BCUT2D eigenvalue weighted by atomic mass is 10.1. The number of anilines is 1. The first kappa shape index (κ1) is 9.39. The topological polar surface area (TPSA) is 49.4 Å². The fourth-order valence-electron chi connectivity index (χ4n) is 1.91. The van der Waals surface area contributed by atoms with Gasteiger partial charge >= 0.3 is 0 Å². The smallest absolute Gasteiger partial charge is 0.261 e. The van der Waals surface area contributed by atoms with E-state index in [-0.39, 0.29) is 11.8 Å². The SMILES string of the molecule is CN1C(=O)c2ccc(NC3CC3)cc2C1=O. The van der Waals surface area contributed by atoms with Crippen LogP contribution in [0.1, 0.15) is 33.6 Å². The highest BCUT2D eigenvalue weighted by Crippen LogP contribution is 2.28. The van der Waals surface area contributed by atoms with Gasteiger partial charge in [-0.05, 0) is 31.0 Å². The molecule has 16 heavy (non-hydrogen) atoms. The molecule has 0 unspecified atom stereocenters. The summed E-state index contributed by atoms with van der Waals surface area (Å²) in [6, 6.07) is 5.91. The number of carbonyl (C=O) groups is 2. The molecule has 1 aliphatic carbocycles. The van der Waals surface area contributed by atoms with Gasteiger partial charge in [0.2, 0.25) is 0 Å². The van der Waals surface area contributed by atoms with Crippen LogP contribution in [0.2, 0.25) is 0 Å². The van der Waals surface area contributed by atoms with Gasteiger partial charge in [-0.25, -0.2) is 0 Å². The van der Waals surface area contributed by atoms with E-state index >= 15 is 0 Å². The fourth-order valence-corrected chi connectivity index (χ4v) is 1.91. The molecule has 0 radical (unpaired) electrons. The zero-order valence-electron chi connectivity index (χ0n) is 8.99. The monoisotopic (exact) mass is 216 g/mol. The Morgan fingerprint density at radius 1 is 1.19 bits per heavy atom. The lowest BCUT2D eigenvalue weighted by molar-refractivity contribution is 0.0693. The van der Waals surface area contributed by atoms with Gasteiger partial charge < -0.3 is 5.32 Å². The lowest BCUT2D eigenvalue weighted by Crippen LogP contribution is -2.24. The van der Waals surface area contributed by atoms with Gasteiger partial charge in [-0.3, -0.25) is 14.5 Å². The zero-order chi connectivity index (χ0) is 11.3. The average molecular weight is 216 g/mol. The lowest BCUT2D eigenvalue weighted by Gasteiger charge is -2.04. The summed E-state index contributed by atoms with van der Waals surface area (Å²) < 4.78 is 0. The normalized spacial score (nSPS) is 18.9. The minimum atomic E-state index is -0.210. The van der Waals surface area contributed by atoms with Crippen molar-refractivity contribution in [2.45, 2.75) is 18.9 Å². The van der Waals surface area contributed by atoms with E-state index in [4.69, 9.17) is 0 Å². The Morgan fingerprint density at radius 2 is 1.88 bits per heavy atom. The van der Waals surface area contributed by atoms with E-state index in [1.54, 1.807) is 12.1 Å². The fraction of sp³-hybridized carbons (Fsp3) is 0.333. The Kier molecular flexibility index (Phi) is 1.80. The zero-order valence-corrected chi connectivity index (χ0v) is 8.99. The Morgan fingerprint density at radius 3 is 2.56 bits per heavy atom. The standard InChI is InChI=1S/C12H12N2O2/c1-14-11(15)9-5-4-8(13-7-2-3-7)6-10(9)12(14)16/h4-7,13H,2-3H2,1H3. The van der Waals surface area contributed by atoms with Crippen LogP contribution < -0.4 is 5.32 Å². The van der Waals surface area contributed by atoms with Crippen LogP contribution >= 0.6 is 0 Å². The molecule has 1 aliphatic heterocycles. The van der Waals surface area contributed by atoms with E-state index in [9.17, 15) is 9.59 Å². The number of nitrogens with one attached hydrogen (secondary N) is 1.